The van der Waals surface area contributed by atoms with Crippen LogP contribution in [0.2, 0.25) is 0 Å². The van der Waals surface area contributed by atoms with E-state index in [0.29, 0.717) is 41.3 Å². The maximum absolute atomic E-state index is 12.6. The number of methoxy groups -OCH3 is 2. The quantitative estimate of drug-likeness (QED) is 0.253. The molecule has 0 fully saturated rings. The molecule has 0 aliphatic carbocycles. The molecule has 9 heteroatoms. The first-order valence-corrected chi connectivity index (χ1v) is 10.5. The maximum Gasteiger partial charge on any atom is 0.232 e. The predicted molar refractivity (Wildman–Crippen MR) is 129 cm³/mol. The zero-order valence-electron chi connectivity index (χ0n) is 19.2. The van der Waals surface area contributed by atoms with Crippen LogP contribution < -0.4 is 25.2 Å². The number of hydrogen-bond acceptors (Lipinski definition) is 7. The van der Waals surface area contributed by atoms with Gasteiger partial charge in [-0.2, -0.15) is 0 Å². The number of nitrogens with zero attached hydrogens (tertiary/aromatic N) is 2. The minimum absolute atomic E-state index is 0.202. The highest BCUT2D eigenvalue weighted by Crippen LogP contribution is 2.33. The molecule has 0 aliphatic heterocycles. The van der Waals surface area contributed by atoms with E-state index in [1.807, 2.05) is 12.1 Å². The highest BCUT2D eigenvalue weighted by atomic mass is 16.5. The first kappa shape index (κ1) is 24.2. The predicted octanol–water partition coefficient (Wildman–Crippen LogP) is 3.86. The molecule has 0 radical (unpaired) electrons. The molecule has 176 valence electrons. The zero-order chi connectivity index (χ0) is 24.5. The Labute approximate surface area is 197 Å². The first-order chi connectivity index (χ1) is 16.4. The molecule has 0 spiro atoms. The second-order valence-electron chi connectivity index (χ2n) is 7.35. The van der Waals surface area contributed by atoms with Crippen LogP contribution >= 0.6 is 0 Å². The van der Waals surface area contributed by atoms with Crippen molar-refractivity contribution < 1.29 is 23.9 Å². The Kier molecular flexibility index (Phi) is 8.17. The minimum Gasteiger partial charge on any atom is -0.493 e. The average molecular weight is 463 g/mol. The summed E-state index contributed by atoms with van der Waals surface area (Å²) in [4.78, 5) is 40.1. The van der Waals surface area contributed by atoms with Gasteiger partial charge in [0.05, 0.1) is 31.3 Å². The summed E-state index contributed by atoms with van der Waals surface area (Å²) in [6, 6.07) is 13.9. The van der Waals surface area contributed by atoms with Crippen molar-refractivity contribution >= 4 is 35.2 Å². The first-order valence-electron chi connectivity index (χ1n) is 10.5. The number of anilines is 3. The van der Waals surface area contributed by atoms with Crippen molar-refractivity contribution in [2.75, 3.05) is 30.0 Å². The van der Waals surface area contributed by atoms with Crippen LogP contribution in [0.25, 0.3) is 0 Å². The lowest BCUT2D eigenvalue weighted by Gasteiger charge is -2.19. The van der Waals surface area contributed by atoms with Crippen LogP contribution in [-0.2, 0) is 16.0 Å². The van der Waals surface area contributed by atoms with Crippen molar-refractivity contribution in [3.05, 3.63) is 72.1 Å². The summed E-state index contributed by atoms with van der Waals surface area (Å²) in [6.45, 7) is 1.42. The van der Waals surface area contributed by atoms with Gasteiger partial charge in [0.15, 0.2) is 17.3 Å². The van der Waals surface area contributed by atoms with Gasteiger partial charge >= 0.3 is 0 Å². The van der Waals surface area contributed by atoms with Crippen molar-refractivity contribution in [1.82, 2.24) is 4.98 Å². The normalized spacial score (nSPS) is 10.2. The molecule has 1 aromatic heterocycles. The number of nitrogens with one attached hydrogen (secondary N) is 2. The number of hydrogen-bond donors (Lipinski definition) is 2. The third-order valence-corrected chi connectivity index (χ3v) is 5.07. The molecule has 0 saturated heterocycles. The van der Waals surface area contributed by atoms with Gasteiger partial charge < -0.3 is 14.8 Å². The highest BCUT2D eigenvalue weighted by molar-refractivity contribution is 6.04. The number of rotatable bonds is 11. The lowest BCUT2D eigenvalue weighted by atomic mass is 10.1. The fourth-order valence-electron chi connectivity index (χ4n) is 3.28. The molecular weight excluding hydrogens is 436 g/mol. The largest absolute Gasteiger partial charge is 0.493 e. The number of carbonyl (C=O) groups excluding carboxylic acids is 3. The van der Waals surface area contributed by atoms with Crippen LogP contribution in [0, 0.1) is 0 Å². The van der Waals surface area contributed by atoms with Gasteiger partial charge in [0, 0.05) is 30.4 Å². The van der Waals surface area contributed by atoms with Crippen LogP contribution in [0.4, 0.5) is 17.1 Å². The van der Waals surface area contributed by atoms with E-state index in [1.165, 1.54) is 26.2 Å². The van der Waals surface area contributed by atoms with Crippen LogP contribution in [0.15, 0.2) is 60.9 Å². The van der Waals surface area contributed by atoms with Crippen molar-refractivity contribution in [3.63, 3.8) is 0 Å². The number of pyridine rings is 1. The van der Waals surface area contributed by atoms with Crippen LogP contribution in [0.5, 0.6) is 11.5 Å². The van der Waals surface area contributed by atoms with E-state index in [2.05, 4.69) is 15.7 Å². The summed E-state index contributed by atoms with van der Waals surface area (Å²) in [5.41, 5.74) is 6.00. The maximum atomic E-state index is 12.6. The Bertz CT molecular complexity index is 1150. The molecule has 0 unspecified atom stereocenters. The van der Waals surface area contributed by atoms with Gasteiger partial charge in [0.1, 0.15) is 0 Å². The standard InChI is InChI=1S/C25H26N4O5/c1-17(31)21-14-23(33-2)24(34-3)15-22(21)27-25(32)9-6-18-4-7-20(8-5-18)29(16-30)28-19-10-12-26-13-11-19/h4-5,7-8,10-16H,6,9H2,1-3H3,(H,26,28)(H,27,32). The van der Waals surface area contributed by atoms with E-state index in [4.69, 9.17) is 9.47 Å². The fraction of sp³-hybridized carbons (Fsp3) is 0.200. The fourth-order valence-corrected chi connectivity index (χ4v) is 3.28. The van der Waals surface area contributed by atoms with E-state index in [-0.39, 0.29) is 18.1 Å². The zero-order valence-corrected chi connectivity index (χ0v) is 19.2. The van der Waals surface area contributed by atoms with Crippen molar-refractivity contribution in [1.29, 1.82) is 0 Å². The smallest absolute Gasteiger partial charge is 0.232 e. The highest BCUT2D eigenvalue weighted by Gasteiger charge is 2.16. The monoisotopic (exact) mass is 462 g/mol. The number of hydrazine groups is 1. The van der Waals surface area contributed by atoms with Gasteiger partial charge in [-0.25, -0.2) is 5.01 Å². The van der Waals surface area contributed by atoms with Gasteiger partial charge in [0.25, 0.3) is 0 Å². The van der Waals surface area contributed by atoms with Crippen molar-refractivity contribution in [2.45, 2.75) is 19.8 Å². The second-order valence-corrected chi connectivity index (χ2v) is 7.35. The van der Waals surface area contributed by atoms with E-state index in [1.54, 1.807) is 48.8 Å². The summed E-state index contributed by atoms with van der Waals surface area (Å²) in [6.07, 6.45) is 4.62. The SMILES string of the molecule is COc1cc(NC(=O)CCc2ccc(N(C=O)Nc3ccncc3)cc2)c(C(C)=O)cc1OC. The van der Waals surface area contributed by atoms with E-state index in [0.717, 1.165) is 11.3 Å². The molecule has 3 rings (SSSR count). The minimum atomic E-state index is -0.243. The third-order valence-electron chi connectivity index (χ3n) is 5.07. The second kappa shape index (κ2) is 11.5. The van der Waals surface area contributed by atoms with Crippen molar-refractivity contribution in [2.24, 2.45) is 0 Å². The number of ether oxygens (including phenoxy) is 2. The van der Waals surface area contributed by atoms with Gasteiger partial charge in [0.2, 0.25) is 12.3 Å². The number of amides is 2. The molecular formula is C25H26N4O5. The Morgan fingerprint density at radius 2 is 1.65 bits per heavy atom. The Morgan fingerprint density at radius 3 is 2.24 bits per heavy atom. The number of benzene rings is 2. The summed E-state index contributed by atoms with van der Waals surface area (Å²) in [5.74, 6) is 0.381. The summed E-state index contributed by atoms with van der Waals surface area (Å²) in [5, 5.41) is 4.14. The molecule has 34 heavy (non-hydrogen) atoms. The van der Waals surface area contributed by atoms with Gasteiger partial charge in [-0.3, -0.25) is 24.8 Å². The molecule has 2 aromatic carbocycles. The number of aromatic nitrogens is 1. The number of carbonyl (C=O) groups is 3. The molecule has 0 atom stereocenters. The Hall–Kier alpha value is -4.40. The van der Waals surface area contributed by atoms with Gasteiger partial charge in [-0.15, -0.1) is 0 Å². The average Bonchev–Trinajstić information content (AvgIpc) is 2.86. The number of aryl methyl sites for hydroxylation is 1. The summed E-state index contributed by atoms with van der Waals surface area (Å²) >= 11 is 0. The molecule has 0 bridgehead atoms. The molecule has 2 amide bonds. The molecule has 9 nitrogen and oxygen atoms in total. The summed E-state index contributed by atoms with van der Waals surface area (Å²) in [7, 11) is 2.97. The lowest BCUT2D eigenvalue weighted by Crippen LogP contribution is -2.27. The van der Waals surface area contributed by atoms with Crippen molar-refractivity contribution in [3.8, 4) is 11.5 Å². The van der Waals surface area contributed by atoms with E-state index in [9.17, 15) is 14.4 Å². The molecule has 3 aromatic rings. The van der Waals surface area contributed by atoms with Crippen LogP contribution in [0.1, 0.15) is 29.3 Å². The number of Topliss-reactive ketones (excluding diaryl/α,β-unsaturated/α-hetero) is 1. The topological polar surface area (TPSA) is 110 Å². The van der Waals surface area contributed by atoms with E-state index < -0.39 is 0 Å². The number of ketones is 1. The molecule has 1 heterocycles. The van der Waals surface area contributed by atoms with E-state index >= 15 is 0 Å². The van der Waals surface area contributed by atoms with Crippen LogP contribution in [0.3, 0.4) is 0 Å². The van der Waals surface area contributed by atoms with Gasteiger partial charge in [-0.05, 0) is 49.2 Å². The Morgan fingerprint density at radius 1 is 1.00 bits per heavy atom. The third kappa shape index (κ3) is 6.10. The molecule has 2 N–H and O–H groups in total. The summed E-state index contributed by atoms with van der Waals surface area (Å²) < 4.78 is 10.5. The van der Waals surface area contributed by atoms with Gasteiger partial charge in [-0.1, -0.05) is 12.1 Å². The Balaban J connectivity index is 1.63. The molecule has 0 saturated carbocycles. The lowest BCUT2D eigenvalue weighted by molar-refractivity contribution is -0.116. The molecule has 0 aliphatic rings. The van der Waals surface area contributed by atoms with Crippen LogP contribution in [-0.4, -0.2) is 37.3 Å².